The Balaban J connectivity index is 1.80. The number of hydrogen-bond acceptors (Lipinski definition) is 5. The van der Waals surface area contributed by atoms with Crippen LogP contribution >= 0.6 is 0 Å². The fourth-order valence-electron chi connectivity index (χ4n) is 2.87. The molecule has 0 unspecified atom stereocenters. The van der Waals surface area contributed by atoms with Crippen LogP contribution in [0, 0.1) is 24.0 Å². The normalized spacial score (nSPS) is 11.6. The van der Waals surface area contributed by atoms with Crippen LogP contribution in [-0.4, -0.2) is 15.8 Å². The van der Waals surface area contributed by atoms with Crippen molar-refractivity contribution in [1.29, 1.82) is 0 Å². The van der Waals surface area contributed by atoms with E-state index >= 15 is 0 Å². The molecule has 1 amide bonds. The van der Waals surface area contributed by atoms with Gasteiger partial charge in [0.05, 0.1) is 16.3 Å². The molecule has 0 radical (unpaired) electrons. The van der Waals surface area contributed by atoms with Crippen molar-refractivity contribution in [3.05, 3.63) is 93.3 Å². The van der Waals surface area contributed by atoms with Crippen LogP contribution < -0.4 is 10.6 Å². The van der Waals surface area contributed by atoms with Crippen molar-refractivity contribution >= 4 is 23.0 Å². The standard InChI is InChI=1S/C22H22N4O3/c1-14-4-7-17(8-5-14)16(3)24-21-12-15(2)6-10-19(21)25-22(27)20-11-9-18(13-23-20)26(28)29/h4-13,16,24H,1-3H3,(H,25,27)/t16-/m0/s1. The number of nitrogens with one attached hydrogen (secondary N) is 2. The van der Waals surface area contributed by atoms with Gasteiger partial charge in [0.25, 0.3) is 11.6 Å². The molecule has 0 aliphatic rings. The maximum absolute atomic E-state index is 12.6. The summed E-state index contributed by atoms with van der Waals surface area (Å²) >= 11 is 0. The fraction of sp³-hybridized carbons (Fsp3) is 0.182. The van der Waals surface area contributed by atoms with Gasteiger partial charge in [0.2, 0.25) is 0 Å². The van der Waals surface area contributed by atoms with Crippen molar-refractivity contribution in [2.75, 3.05) is 10.6 Å². The average Bonchev–Trinajstić information content (AvgIpc) is 2.70. The molecule has 0 bridgehead atoms. The lowest BCUT2D eigenvalue weighted by atomic mass is 10.1. The van der Waals surface area contributed by atoms with Crippen molar-refractivity contribution in [2.24, 2.45) is 0 Å². The van der Waals surface area contributed by atoms with Gasteiger partial charge in [-0.15, -0.1) is 0 Å². The molecule has 2 N–H and O–H groups in total. The molecule has 29 heavy (non-hydrogen) atoms. The molecule has 0 aliphatic carbocycles. The summed E-state index contributed by atoms with van der Waals surface area (Å²) in [7, 11) is 0. The van der Waals surface area contributed by atoms with Gasteiger partial charge in [-0.1, -0.05) is 35.9 Å². The molecule has 1 atom stereocenters. The number of aryl methyl sites for hydroxylation is 2. The van der Waals surface area contributed by atoms with E-state index in [0.717, 1.165) is 23.0 Å². The third-order valence-electron chi connectivity index (χ3n) is 4.56. The first-order chi connectivity index (χ1) is 13.8. The predicted octanol–water partition coefficient (Wildman–Crippen LogP) is 5.03. The fourth-order valence-corrected chi connectivity index (χ4v) is 2.87. The van der Waals surface area contributed by atoms with Crippen molar-refractivity contribution < 1.29 is 9.72 Å². The molecule has 0 aliphatic heterocycles. The highest BCUT2D eigenvalue weighted by molar-refractivity contribution is 6.04. The van der Waals surface area contributed by atoms with E-state index in [1.54, 1.807) is 0 Å². The van der Waals surface area contributed by atoms with Gasteiger partial charge in [-0.3, -0.25) is 14.9 Å². The van der Waals surface area contributed by atoms with E-state index in [4.69, 9.17) is 0 Å². The summed E-state index contributed by atoms with van der Waals surface area (Å²) in [6.45, 7) is 6.07. The summed E-state index contributed by atoms with van der Waals surface area (Å²) in [5.74, 6) is -0.435. The second-order valence-corrected chi connectivity index (χ2v) is 6.94. The van der Waals surface area contributed by atoms with Crippen LogP contribution in [0.5, 0.6) is 0 Å². The molecule has 1 aromatic heterocycles. The van der Waals surface area contributed by atoms with Crippen LogP contribution in [0.25, 0.3) is 0 Å². The SMILES string of the molecule is Cc1ccc([C@H](C)Nc2cc(C)ccc2NC(=O)c2ccc([N+](=O)[O-])cn2)cc1. The topological polar surface area (TPSA) is 97.2 Å². The lowest BCUT2D eigenvalue weighted by Gasteiger charge is -2.19. The molecule has 0 saturated carbocycles. The number of carbonyl (C=O) groups excluding carboxylic acids is 1. The van der Waals surface area contributed by atoms with Gasteiger partial charge in [-0.2, -0.15) is 0 Å². The van der Waals surface area contributed by atoms with Gasteiger partial charge in [-0.05, 0) is 50.1 Å². The number of amides is 1. The summed E-state index contributed by atoms with van der Waals surface area (Å²) in [6, 6.07) is 16.6. The van der Waals surface area contributed by atoms with E-state index in [0.29, 0.717) is 5.69 Å². The summed E-state index contributed by atoms with van der Waals surface area (Å²) in [5, 5.41) is 17.0. The molecule has 0 spiro atoms. The minimum absolute atomic E-state index is 0.0329. The second-order valence-electron chi connectivity index (χ2n) is 6.94. The van der Waals surface area contributed by atoms with Crippen LogP contribution in [0.15, 0.2) is 60.8 Å². The van der Waals surface area contributed by atoms with Gasteiger partial charge < -0.3 is 10.6 Å². The van der Waals surface area contributed by atoms with E-state index in [9.17, 15) is 14.9 Å². The smallest absolute Gasteiger partial charge is 0.287 e. The number of carbonyl (C=O) groups is 1. The van der Waals surface area contributed by atoms with Crippen molar-refractivity contribution in [3.8, 4) is 0 Å². The summed E-state index contributed by atoms with van der Waals surface area (Å²) in [6.07, 6.45) is 1.07. The predicted molar refractivity (Wildman–Crippen MR) is 113 cm³/mol. The number of benzene rings is 2. The third kappa shape index (κ3) is 4.95. The van der Waals surface area contributed by atoms with E-state index in [1.165, 1.54) is 17.7 Å². The zero-order valence-electron chi connectivity index (χ0n) is 16.5. The molecule has 7 nitrogen and oxygen atoms in total. The van der Waals surface area contributed by atoms with Crippen molar-refractivity contribution in [1.82, 2.24) is 4.98 Å². The molecule has 3 rings (SSSR count). The van der Waals surface area contributed by atoms with Gasteiger partial charge >= 0.3 is 0 Å². The minimum Gasteiger partial charge on any atom is -0.377 e. The molecule has 0 fully saturated rings. The zero-order chi connectivity index (χ0) is 21.0. The average molecular weight is 390 g/mol. The van der Waals surface area contributed by atoms with Gasteiger partial charge in [0.1, 0.15) is 11.9 Å². The quantitative estimate of drug-likeness (QED) is 0.454. The number of nitrogens with zero attached hydrogens (tertiary/aromatic N) is 2. The number of nitro groups is 1. The zero-order valence-corrected chi connectivity index (χ0v) is 16.5. The van der Waals surface area contributed by atoms with E-state index in [1.807, 2.05) is 32.0 Å². The number of rotatable bonds is 6. The van der Waals surface area contributed by atoms with Crippen LogP contribution in [0.1, 0.15) is 40.1 Å². The molecule has 2 aromatic carbocycles. The summed E-state index contributed by atoms with van der Waals surface area (Å²) < 4.78 is 0. The lowest BCUT2D eigenvalue weighted by molar-refractivity contribution is -0.385. The van der Waals surface area contributed by atoms with Crippen LogP contribution in [0.3, 0.4) is 0 Å². The molecule has 1 heterocycles. The van der Waals surface area contributed by atoms with Crippen LogP contribution in [-0.2, 0) is 0 Å². The Hall–Kier alpha value is -3.74. The maximum Gasteiger partial charge on any atom is 0.287 e. The molecular weight excluding hydrogens is 368 g/mol. The van der Waals surface area contributed by atoms with Crippen molar-refractivity contribution in [2.45, 2.75) is 26.8 Å². The van der Waals surface area contributed by atoms with E-state index < -0.39 is 10.8 Å². The Morgan fingerprint density at radius 2 is 1.69 bits per heavy atom. The Bertz CT molecular complexity index is 1030. The molecule has 148 valence electrons. The second kappa shape index (κ2) is 8.52. The first-order valence-electron chi connectivity index (χ1n) is 9.19. The molecule has 3 aromatic rings. The summed E-state index contributed by atoms with van der Waals surface area (Å²) in [5.41, 5.74) is 4.72. The van der Waals surface area contributed by atoms with Crippen LogP contribution in [0.2, 0.25) is 0 Å². The van der Waals surface area contributed by atoms with E-state index in [2.05, 4.69) is 46.8 Å². The van der Waals surface area contributed by atoms with Gasteiger partial charge in [0, 0.05) is 12.1 Å². The highest BCUT2D eigenvalue weighted by Gasteiger charge is 2.14. The number of pyridine rings is 1. The number of anilines is 2. The highest BCUT2D eigenvalue weighted by Crippen LogP contribution is 2.28. The summed E-state index contributed by atoms with van der Waals surface area (Å²) in [4.78, 5) is 26.6. The first kappa shape index (κ1) is 20.0. The van der Waals surface area contributed by atoms with Gasteiger partial charge in [0.15, 0.2) is 0 Å². The Morgan fingerprint density at radius 1 is 1.00 bits per heavy atom. The third-order valence-corrected chi connectivity index (χ3v) is 4.56. The number of hydrogen-bond donors (Lipinski definition) is 2. The maximum atomic E-state index is 12.6. The van der Waals surface area contributed by atoms with Crippen LogP contribution in [0.4, 0.5) is 17.1 Å². The molecule has 7 heteroatoms. The van der Waals surface area contributed by atoms with Gasteiger partial charge in [-0.25, -0.2) is 4.98 Å². The molecular formula is C22H22N4O3. The lowest BCUT2D eigenvalue weighted by Crippen LogP contribution is -2.16. The molecule has 0 saturated heterocycles. The Morgan fingerprint density at radius 3 is 2.31 bits per heavy atom. The minimum atomic E-state index is -0.552. The Kier molecular flexibility index (Phi) is 5.87. The first-order valence-corrected chi connectivity index (χ1v) is 9.19. The van der Waals surface area contributed by atoms with Crippen molar-refractivity contribution in [3.63, 3.8) is 0 Å². The highest BCUT2D eigenvalue weighted by atomic mass is 16.6. The monoisotopic (exact) mass is 390 g/mol. The Labute approximate surface area is 169 Å². The number of aromatic nitrogens is 1. The largest absolute Gasteiger partial charge is 0.377 e. The van der Waals surface area contributed by atoms with E-state index in [-0.39, 0.29) is 17.4 Å².